The van der Waals surface area contributed by atoms with Crippen molar-refractivity contribution in [3.05, 3.63) is 130 Å². The normalized spacial score (nSPS) is 10.8. The summed E-state index contributed by atoms with van der Waals surface area (Å²) >= 11 is 1.73. The summed E-state index contributed by atoms with van der Waals surface area (Å²) in [5.41, 5.74) is 5.74. The van der Waals surface area contributed by atoms with E-state index in [9.17, 15) is 0 Å². The highest BCUT2D eigenvalue weighted by molar-refractivity contribution is 7.99. The van der Waals surface area contributed by atoms with Crippen molar-refractivity contribution in [2.75, 3.05) is 0 Å². The molecule has 4 rings (SSSR count). The van der Waals surface area contributed by atoms with Crippen molar-refractivity contribution in [1.29, 1.82) is 10.5 Å². The molecule has 0 saturated heterocycles. The molecule has 0 amide bonds. The molecule has 4 aromatic rings. The highest BCUT2D eigenvalue weighted by Gasteiger charge is 1.98. The SMILES string of the molecule is N#Cc1ccc(/C=C/c2ccc(Sc3ccc(/C=C/c4ccc(C#N)cc4)cc3)cc2)cc1. The molecule has 0 spiro atoms. The quantitative estimate of drug-likeness (QED) is 0.286. The van der Waals surface area contributed by atoms with Crippen LogP contribution in [0.3, 0.4) is 0 Å². The van der Waals surface area contributed by atoms with Gasteiger partial charge in [-0.15, -0.1) is 0 Å². The van der Waals surface area contributed by atoms with E-state index in [4.69, 9.17) is 10.5 Å². The molecule has 33 heavy (non-hydrogen) atoms. The van der Waals surface area contributed by atoms with Gasteiger partial charge >= 0.3 is 0 Å². The van der Waals surface area contributed by atoms with Crippen LogP contribution >= 0.6 is 11.8 Å². The predicted molar refractivity (Wildman–Crippen MR) is 137 cm³/mol. The fourth-order valence-electron chi connectivity index (χ4n) is 3.15. The van der Waals surface area contributed by atoms with Crippen molar-refractivity contribution in [3.63, 3.8) is 0 Å². The summed E-state index contributed by atoms with van der Waals surface area (Å²) in [4.78, 5) is 2.37. The number of hydrogen-bond acceptors (Lipinski definition) is 3. The molecule has 0 N–H and O–H groups in total. The van der Waals surface area contributed by atoms with Gasteiger partial charge in [-0.05, 0) is 70.8 Å². The third kappa shape index (κ3) is 6.34. The minimum atomic E-state index is 0.670. The Kier molecular flexibility index (Phi) is 7.18. The van der Waals surface area contributed by atoms with Crippen LogP contribution in [-0.4, -0.2) is 0 Å². The van der Waals surface area contributed by atoms with Gasteiger partial charge in [-0.3, -0.25) is 0 Å². The maximum Gasteiger partial charge on any atom is 0.0991 e. The summed E-state index contributed by atoms with van der Waals surface area (Å²) in [6.07, 6.45) is 8.25. The summed E-state index contributed by atoms with van der Waals surface area (Å²) in [6, 6.07) is 36.3. The van der Waals surface area contributed by atoms with Crippen molar-refractivity contribution in [3.8, 4) is 12.1 Å². The average molecular weight is 441 g/mol. The lowest BCUT2D eigenvalue weighted by Crippen LogP contribution is -1.78. The molecular weight excluding hydrogens is 420 g/mol. The van der Waals surface area contributed by atoms with Crippen LogP contribution in [0.15, 0.2) is 107 Å². The van der Waals surface area contributed by atoms with E-state index in [2.05, 4.69) is 72.8 Å². The zero-order valence-corrected chi connectivity index (χ0v) is 18.7. The predicted octanol–water partition coefficient (Wildman–Crippen LogP) is 7.92. The third-order valence-corrected chi connectivity index (χ3v) is 6.03. The zero-order valence-electron chi connectivity index (χ0n) is 17.8. The van der Waals surface area contributed by atoms with Gasteiger partial charge in [0.2, 0.25) is 0 Å². The molecule has 0 aliphatic heterocycles. The molecule has 3 heteroatoms. The summed E-state index contributed by atoms with van der Waals surface area (Å²) in [6.45, 7) is 0. The number of nitrogens with zero attached hydrogens (tertiary/aromatic N) is 2. The second-order valence-electron chi connectivity index (χ2n) is 7.37. The molecule has 0 bridgehead atoms. The van der Waals surface area contributed by atoms with Gasteiger partial charge < -0.3 is 0 Å². The molecule has 4 aromatic carbocycles. The standard InChI is InChI=1S/C30H20N2S/c31-21-27-9-5-23(6-10-27)1-3-25-13-17-29(18-14-25)33-30-19-15-26(16-20-30)4-2-24-7-11-28(22-32)12-8-24/h1-20H/b3-1+,4-2+. The molecule has 156 valence electrons. The van der Waals surface area contributed by atoms with Gasteiger partial charge in [0.05, 0.1) is 23.3 Å². The lowest BCUT2D eigenvalue weighted by atomic mass is 10.1. The van der Waals surface area contributed by atoms with Crippen LogP contribution in [0.2, 0.25) is 0 Å². The molecule has 0 heterocycles. The van der Waals surface area contributed by atoms with Crippen LogP contribution in [0.4, 0.5) is 0 Å². The molecule has 2 nitrogen and oxygen atoms in total. The van der Waals surface area contributed by atoms with E-state index in [1.165, 1.54) is 9.79 Å². The highest BCUT2D eigenvalue weighted by Crippen LogP contribution is 2.28. The minimum Gasteiger partial charge on any atom is -0.192 e. The van der Waals surface area contributed by atoms with E-state index in [0.29, 0.717) is 11.1 Å². The average Bonchev–Trinajstić information content (AvgIpc) is 2.88. The maximum atomic E-state index is 8.88. The van der Waals surface area contributed by atoms with Crippen molar-refractivity contribution >= 4 is 36.1 Å². The Morgan fingerprint density at radius 3 is 0.970 bits per heavy atom. The molecule has 0 aromatic heterocycles. The molecule has 0 radical (unpaired) electrons. The monoisotopic (exact) mass is 440 g/mol. The summed E-state index contributed by atoms with van der Waals surface area (Å²) in [7, 11) is 0. The largest absolute Gasteiger partial charge is 0.192 e. The van der Waals surface area contributed by atoms with Crippen LogP contribution in [0.25, 0.3) is 24.3 Å². The Balaban J connectivity index is 1.34. The topological polar surface area (TPSA) is 47.6 Å². The molecule has 0 fully saturated rings. The molecule has 0 unspecified atom stereocenters. The number of benzene rings is 4. The van der Waals surface area contributed by atoms with Gasteiger partial charge in [0.15, 0.2) is 0 Å². The first-order valence-corrected chi connectivity index (χ1v) is 11.3. The second kappa shape index (κ2) is 10.8. The summed E-state index contributed by atoms with van der Waals surface area (Å²) < 4.78 is 0. The Morgan fingerprint density at radius 1 is 0.424 bits per heavy atom. The third-order valence-electron chi connectivity index (χ3n) is 5.01. The van der Waals surface area contributed by atoms with Crippen molar-refractivity contribution in [2.45, 2.75) is 9.79 Å². The Morgan fingerprint density at radius 2 is 0.697 bits per heavy atom. The van der Waals surface area contributed by atoms with E-state index in [-0.39, 0.29) is 0 Å². The van der Waals surface area contributed by atoms with Gasteiger partial charge in [0.1, 0.15) is 0 Å². The summed E-state index contributed by atoms with van der Waals surface area (Å²) in [5, 5.41) is 17.8. The molecule has 0 aliphatic carbocycles. The Hall–Kier alpha value is -4.31. The van der Waals surface area contributed by atoms with Crippen LogP contribution in [0, 0.1) is 22.7 Å². The van der Waals surface area contributed by atoms with Crippen molar-refractivity contribution < 1.29 is 0 Å². The first kappa shape index (κ1) is 21.9. The van der Waals surface area contributed by atoms with Crippen molar-refractivity contribution in [2.24, 2.45) is 0 Å². The van der Waals surface area contributed by atoms with Crippen LogP contribution in [0.1, 0.15) is 33.4 Å². The zero-order chi connectivity index (χ0) is 22.9. The van der Waals surface area contributed by atoms with E-state index in [1.807, 2.05) is 60.7 Å². The minimum absolute atomic E-state index is 0.670. The Labute approximate surface area is 198 Å². The second-order valence-corrected chi connectivity index (χ2v) is 8.52. The first-order valence-electron chi connectivity index (χ1n) is 10.5. The van der Waals surface area contributed by atoms with Crippen LogP contribution in [0.5, 0.6) is 0 Å². The first-order chi connectivity index (χ1) is 16.2. The number of hydrogen-bond donors (Lipinski definition) is 0. The highest BCUT2D eigenvalue weighted by atomic mass is 32.2. The fourth-order valence-corrected chi connectivity index (χ4v) is 3.97. The lowest BCUT2D eigenvalue weighted by Gasteiger charge is -2.03. The maximum absolute atomic E-state index is 8.88. The van der Waals surface area contributed by atoms with E-state index >= 15 is 0 Å². The smallest absolute Gasteiger partial charge is 0.0991 e. The van der Waals surface area contributed by atoms with Gasteiger partial charge in [-0.1, -0.05) is 84.6 Å². The van der Waals surface area contributed by atoms with Gasteiger partial charge in [-0.2, -0.15) is 10.5 Å². The molecule has 0 atom stereocenters. The van der Waals surface area contributed by atoms with Crippen LogP contribution in [-0.2, 0) is 0 Å². The van der Waals surface area contributed by atoms with Gasteiger partial charge in [0, 0.05) is 9.79 Å². The fraction of sp³-hybridized carbons (Fsp3) is 0. The molecule has 0 aliphatic rings. The lowest BCUT2D eigenvalue weighted by molar-refractivity contribution is 1.40. The molecular formula is C30H20N2S. The van der Waals surface area contributed by atoms with Gasteiger partial charge in [0.25, 0.3) is 0 Å². The van der Waals surface area contributed by atoms with E-state index < -0.39 is 0 Å². The Bertz CT molecular complexity index is 1240. The van der Waals surface area contributed by atoms with Gasteiger partial charge in [-0.25, -0.2) is 0 Å². The number of rotatable bonds is 6. The number of nitriles is 2. The van der Waals surface area contributed by atoms with E-state index in [0.717, 1.165) is 22.3 Å². The van der Waals surface area contributed by atoms with Crippen LogP contribution < -0.4 is 0 Å². The summed E-state index contributed by atoms with van der Waals surface area (Å²) in [5.74, 6) is 0. The molecule has 0 saturated carbocycles. The van der Waals surface area contributed by atoms with Crippen molar-refractivity contribution in [1.82, 2.24) is 0 Å². The van der Waals surface area contributed by atoms with E-state index in [1.54, 1.807) is 11.8 Å².